The summed E-state index contributed by atoms with van der Waals surface area (Å²) in [6.45, 7) is 1.16. The highest BCUT2D eigenvalue weighted by molar-refractivity contribution is 7.99. The minimum absolute atomic E-state index is 0.572. The molecule has 6 nitrogen and oxygen atoms in total. The number of rotatable bonds is 3. The smallest absolute Gasteiger partial charge is 0.218 e. The molecule has 1 aliphatic heterocycles. The Morgan fingerprint density at radius 3 is 2.64 bits per heavy atom. The number of para-hydroxylation sites is 1. The van der Waals surface area contributed by atoms with Crippen molar-refractivity contribution < 1.29 is 9.47 Å². The van der Waals surface area contributed by atoms with E-state index >= 15 is 0 Å². The highest BCUT2D eigenvalue weighted by atomic mass is 32.2. The van der Waals surface area contributed by atoms with Crippen LogP contribution in [-0.4, -0.2) is 33.4 Å². The summed E-state index contributed by atoms with van der Waals surface area (Å²) in [6, 6.07) is 15.6. The molecule has 0 radical (unpaired) electrons. The average Bonchev–Trinajstić information content (AvgIpc) is 3.04. The van der Waals surface area contributed by atoms with Crippen LogP contribution < -0.4 is 9.47 Å². The molecule has 0 spiro atoms. The maximum atomic E-state index is 5.60. The number of nitrogens with zero attached hydrogens (tertiary/aromatic N) is 4. The fraction of sp³-hybridized carbons (Fsp3) is 0.133. The van der Waals surface area contributed by atoms with Gasteiger partial charge in [0.2, 0.25) is 5.16 Å². The van der Waals surface area contributed by atoms with Crippen LogP contribution in [0.1, 0.15) is 0 Å². The molecule has 2 aromatic carbocycles. The van der Waals surface area contributed by atoms with Crippen molar-refractivity contribution in [3.63, 3.8) is 0 Å². The molecule has 0 saturated heterocycles. The van der Waals surface area contributed by atoms with E-state index in [0.29, 0.717) is 18.4 Å². The topological polar surface area (TPSA) is 62.1 Å². The second-order valence-corrected chi connectivity index (χ2v) is 5.66. The summed E-state index contributed by atoms with van der Waals surface area (Å²) in [7, 11) is 0. The van der Waals surface area contributed by atoms with E-state index in [2.05, 4.69) is 15.5 Å². The number of tetrazole rings is 1. The SMILES string of the molecule is c1ccc(-n2nnnc2Sc2ccc3c(c2)OCCO3)cc1. The van der Waals surface area contributed by atoms with Gasteiger partial charge in [0.15, 0.2) is 11.5 Å². The predicted molar refractivity (Wildman–Crippen MR) is 80.7 cm³/mol. The third-order valence-electron chi connectivity index (χ3n) is 3.16. The van der Waals surface area contributed by atoms with Crippen LogP contribution >= 0.6 is 11.8 Å². The first kappa shape index (κ1) is 13.1. The number of benzene rings is 2. The fourth-order valence-electron chi connectivity index (χ4n) is 2.17. The van der Waals surface area contributed by atoms with Gasteiger partial charge >= 0.3 is 0 Å². The molecule has 0 saturated carbocycles. The van der Waals surface area contributed by atoms with E-state index in [4.69, 9.17) is 9.47 Å². The van der Waals surface area contributed by atoms with Crippen molar-refractivity contribution in [1.29, 1.82) is 0 Å². The molecule has 22 heavy (non-hydrogen) atoms. The number of hydrogen-bond donors (Lipinski definition) is 0. The monoisotopic (exact) mass is 312 g/mol. The van der Waals surface area contributed by atoms with Crippen molar-refractivity contribution in [2.45, 2.75) is 10.1 Å². The van der Waals surface area contributed by atoms with Gasteiger partial charge in [-0.3, -0.25) is 0 Å². The Morgan fingerprint density at radius 1 is 0.955 bits per heavy atom. The van der Waals surface area contributed by atoms with Crippen molar-refractivity contribution in [3.05, 3.63) is 48.5 Å². The van der Waals surface area contributed by atoms with E-state index in [1.165, 1.54) is 11.8 Å². The Labute approximate surface area is 131 Å². The van der Waals surface area contributed by atoms with E-state index < -0.39 is 0 Å². The van der Waals surface area contributed by atoms with Crippen molar-refractivity contribution in [1.82, 2.24) is 20.2 Å². The van der Waals surface area contributed by atoms with Crippen LogP contribution in [0, 0.1) is 0 Å². The molecule has 0 unspecified atom stereocenters. The lowest BCUT2D eigenvalue weighted by Gasteiger charge is -2.18. The van der Waals surface area contributed by atoms with E-state index in [-0.39, 0.29) is 0 Å². The zero-order valence-corrected chi connectivity index (χ0v) is 12.4. The van der Waals surface area contributed by atoms with Crippen LogP contribution in [-0.2, 0) is 0 Å². The zero-order chi connectivity index (χ0) is 14.8. The maximum absolute atomic E-state index is 5.60. The van der Waals surface area contributed by atoms with Gasteiger partial charge < -0.3 is 9.47 Å². The van der Waals surface area contributed by atoms with Crippen LogP contribution in [0.2, 0.25) is 0 Å². The largest absolute Gasteiger partial charge is 0.486 e. The molecule has 1 aromatic heterocycles. The molecular formula is C15H12N4O2S. The van der Waals surface area contributed by atoms with Crippen LogP contribution in [0.5, 0.6) is 11.5 Å². The normalized spacial score (nSPS) is 13.1. The van der Waals surface area contributed by atoms with Gasteiger partial charge in [-0.2, -0.15) is 4.68 Å². The third kappa shape index (κ3) is 2.50. The maximum Gasteiger partial charge on any atom is 0.218 e. The summed E-state index contributed by atoms with van der Waals surface area (Å²) >= 11 is 1.48. The summed E-state index contributed by atoms with van der Waals surface area (Å²) in [4.78, 5) is 0.997. The molecule has 0 atom stereocenters. The van der Waals surface area contributed by atoms with E-state index in [0.717, 1.165) is 22.1 Å². The summed E-state index contributed by atoms with van der Waals surface area (Å²) in [6.07, 6.45) is 0. The molecular weight excluding hydrogens is 300 g/mol. The average molecular weight is 312 g/mol. The first-order chi connectivity index (χ1) is 10.9. The summed E-state index contributed by atoms with van der Waals surface area (Å²) < 4.78 is 12.8. The number of fused-ring (bicyclic) bond motifs is 1. The van der Waals surface area contributed by atoms with Gasteiger partial charge in [-0.05, 0) is 52.5 Å². The molecule has 0 fully saturated rings. The van der Waals surface area contributed by atoms with E-state index in [9.17, 15) is 0 Å². The van der Waals surface area contributed by atoms with Gasteiger partial charge in [0, 0.05) is 4.90 Å². The first-order valence-corrected chi connectivity index (χ1v) is 7.63. The molecule has 3 aromatic rings. The van der Waals surface area contributed by atoms with Crippen molar-refractivity contribution >= 4 is 11.8 Å². The first-order valence-electron chi connectivity index (χ1n) is 6.81. The minimum Gasteiger partial charge on any atom is -0.486 e. The van der Waals surface area contributed by atoms with Crippen molar-refractivity contribution in [2.24, 2.45) is 0 Å². The second-order valence-electron chi connectivity index (χ2n) is 4.62. The van der Waals surface area contributed by atoms with Crippen LogP contribution in [0.4, 0.5) is 0 Å². The van der Waals surface area contributed by atoms with Crippen molar-refractivity contribution in [3.8, 4) is 17.2 Å². The van der Waals surface area contributed by atoms with Gasteiger partial charge in [0.1, 0.15) is 13.2 Å². The molecule has 0 N–H and O–H groups in total. The Morgan fingerprint density at radius 2 is 1.77 bits per heavy atom. The van der Waals surface area contributed by atoms with Crippen LogP contribution in [0.25, 0.3) is 5.69 Å². The third-order valence-corrected chi connectivity index (χ3v) is 4.09. The van der Waals surface area contributed by atoms with Gasteiger partial charge in [-0.25, -0.2) is 0 Å². The molecule has 0 bridgehead atoms. The highest BCUT2D eigenvalue weighted by Gasteiger charge is 2.14. The predicted octanol–water partition coefficient (Wildman–Crippen LogP) is 2.58. The molecule has 110 valence electrons. The zero-order valence-electron chi connectivity index (χ0n) is 11.5. The molecule has 7 heteroatoms. The van der Waals surface area contributed by atoms with E-state index in [1.807, 2.05) is 48.5 Å². The number of aromatic nitrogens is 4. The molecule has 2 heterocycles. The number of ether oxygens (including phenoxy) is 2. The Balaban J connectivity index is 1.63. The Hall–Kier alpha value is -2.54. The molecule has 0 amide bonds. The summed E-state index contributed by atoms with van der Waals surface area (Å²) in [5.41, 5.74) is 0.924. The summed E-state index contributed by atoms with van der Waals surface area (Å²) in [5, 5.41) is 12.6. The molecule has 1 aliphatic rings. The minimum atomic E-state index is 0.572. The lowest BCUT2D eigenvalue weighted by Crippen LogP contribution is -2.15. The van der Waals surface area contributed by atoms with Gasteiger partial charge in [-0.15, -0.1) is 5.10 Å². The Kier molecular flexibility index (Phi) is 3.40. The lowest BCUT2D eigenvalue weighted by molar-refractivity contribution is 0.171. The molecule has 0 aliphatic carbocycles. The lowest BCUT2D eigenvalue weighted by atomic mass is 10.3. The second kappa shape index (κ2) is 5.69. The van der Waals surface area contributed by atoms with Crippen LogP contribution in [0.3, 0.4) is 0 Å². The van der Waals surface area contributed by atoms with Gasteiger partial charge in [-0.1, -0.05) is 18.2 Å². The van der Waals surface area contributed by atoms with Gasteiger partial charge in [0.25, 0.3) is 0 Å². The Bertz CT molecular complexity index is 791. The van der Waals surface area contributed by atoms with E-state index in [1.54, 1.807) is 4.68 Å². The summed E-state index contributed by atoms with van der Waals surface area (Å²) in [5.74, 6) is 1.54. The quantitative estimate of drug-likeness (QED) is 0.741. The standard InChI is InChI=1S/C15H12N4O2S/c1-2-4-11(5-3-1)19-15(16-17-18-19)22-12-6-7-13-14(10-12)21-9-8-20-13/h1-7,10H,8-9H2. The van der Waals surface area contributed by atoms with Crippen molar-refractivity contribution in [2.75, 3.05) is 13.2 Å². The van der Waals surface area contributed by atoms with Crippen LogP contribution in [0.15, 0.2) is 58.6 Å². The highest BCUT2D eigenvalue weighted by Crippen LogP contribution is 2.36. The number of hydrogen-bond acceptors (Lipinski definition) is 6. The fourth-order valence-corrected chi connectivity index (χ4v) is 2.98. The van der Waals surface area contributed by atoms with Gasteiger partial charge in [0.05, 0.1) is 5.69 Å². The molecule has 4 rings (SSSR count).